The van der Waals surface area contributed by atoms with Crippen molar-refractivity contribution < 1.29 is 13.6 Å². The summed E-state index contributed by atoms with van der Waals surface area (Å²) in [5, 5.41) is 10.3. The van der Waals surface area contributed by atoms with Crippen LogP contribution < -0.4 is 5.32 Å². The highest BCUT2D eigenvalue weighted by Gasteiger charge is 2.30. The highest BCUT2D eigenvalue weighted by molar-refractivity contribution is 9.10. The number of nitrogens with zero attached hydrogens (tertiary/aromatic N) is 2. The standard InChI is InChI=1S/C14H13BrFN3O2S/c1-7(22-14-19-18-13(21-14)8-2-3-8)12(20)17-11-5-4-9(15)6-10(11)16/h4-8H,2-3H2,1H3,(H,17,20)/t7-/m0/s1. The Labute approximate surface area is 139 Å². The summed E-state index contributed by atoms with van der Waals surface area (Å²) >= 11 is 4.33. The Balaban J connectivity index is 1.60. The van der Waals surface area contributed by atoms with Gasteiger partial charge in [-0.05, 0) is 38.0 Å². The molecule has 0 aliphatic heterocycles. The molecule has 1 atom stereocenters. The smallest absolute Gasteiger partial charge is 0.277 e. The maximum Gasteiger partial charge on any atom is 0.277 e. The molecular formula is C14H13BrFN3O2S. The fraction of sp³-hybridized carbons (Fsp3) is 0.357. The van der Waals surface area contributed by atoms with Crippen molar-refractivity contribution in [1.82, 2.24) is 10.2 Å². The molecule has 2 aromatic rings. The number of rotatable bonds is 5. The van der Waals surface area contributed by atoms with E-state index in [9.17, 15) is 9.18 Å². The monoisotopic (exact) mass is 385 g/mol. The average Bonchev–Trinajstić information content (AvgIpc) is 3.22. The van der Waals surface area contributed by atoms with Crippen LogP contribution in [0.25, 0.3) is 0 Å². The van der Waals surface area contributed by atoms with Crippen LogP contribution in [0.3, 0.4) is 0 Å². The minimum atomic E-state index is -0.492. The molecule has 0 spiro atoms. The molecule has 3 rings (SSSR count). The molecule has 1 N–H and O–H groups in total. The van der Waals surface area contributed by atoms with Crippen LogP contribution in [-0.4, -0.2) is 21.4 Å². The predicted octanol–water partition coefficient (Wildman–Crippen LogP) is 3.97. The van der Waals surface area contributed by atoms with E-state index in [1.165, 1.54) is 12.1 Å². The van der Waals surface area contributed by atoms with E-state index in [1.54, 1.807) is 13.0 Å². The Bertz CT molecular complexity index is 705. The van der Waals surface area contributed by atoms with Crippen molar-refractivity contribution in [3.8, 4) is 0 Å². The molecule has 0 unspecified atom stereocenters. The summed E-state index contributed by atoms with van der Waals surface area (Å²) in [5.74, 6) is 0.197. The number of amides is 1. The second-order valence-corrected chi connectivity index (χ2v) is 7.26. The Morgan fingerprint density at radius 1 is 1.50 bits per heavy atom. The molecular weight excluding hydrogens is 373 g/mol. The van der Waals surface area contributed by atoms with Crippen molar-refractivity contribution >= 4 is 39.3 Å². The molecule has 8 heteroatoms. The first-order valence-electron chi connectivity index (χ1n) is 6.79. The van der Waals surface area contributed by atoms with E-state index in [1.807, 2.05) is 0 Å². The van der Waals surface area contributed by atoms with Crippen molar-refractivity contribution in [2.24, 2.45) is 0 Å². The molecule has 1 aromatic carbocycles. The highest BCUT2D eigenvalue weighted by Crippen LogP contribution is 2.40. The van der Waals surface area contributed by atoms with E-state index in [2.05, 4.69) is 31.4 Å². The summed E-state index contributed by atoms with van der Waals surface area (Å²) in [6.07, 6.45) is 2.15. The van der Waals surface area contributed by atoms with Gasteiger partial charge in [0.2, 0.25) is 11.8 Å². The van der Waals surface area contributed by atoms with Crippen LogP contribution in [0.15, 0.2) is 32.3 Å². The molecule has 1 heterocycles. The first-order chi connectivity index (χ1) is 10.5. The fourth-order valence-electron chi connectivity index (χ4n) is 1.79. The average molecular weight is 386 g/mol. The summed E-state index contributed by atoms with van der Waals surface area (Å²) in [7, 11) is 0. The zero-order valence-corrected chi connectivity index (χ0v) is 14.1. The van der Waals surface area contributed by atoms with Crippen LogP contribution in [0.1, 0.15) is 31.6 Å². The van der Waals surface area contributed by atoms with Crippen molar-refractivity contribution in [2.75, 3.05) is 5.32 Å². The molecule has 1 aromatic heterocycles. The minimum Gasteiger partial charge on any atom is -0.416 e. The lowest BCUT2D eigenvalue weighted by Crippen LogP contribution is -2.23. The van der Waals surface area contributed by atoms with Crippen molar-refractivity contribution in [1.29, 1.82) is 0 Å². The number of aromatic nitrogens is 2. The van der Waals surface area contributed by atoms with Crippen LogP contribution in [0.2, 0.25) is 0 Å². The third-order valence-electron chi connectivity index (χ3n) is 3.18. The van der Waals surface area contributed by atoms with E-state index in [-0.39, 0.29) is 11.6 Å². The molecule has 1 aliphatic carbocycles. The fourth-order valence-corrected chi connectivity index (χ4v) is 2.82. The number of thioether (sulfide) groups is 1. The lowest BCUT2D eigenvalue weighted by Gasteiger charge is -2.10. The van der Waals surface area contributed by atoms with E-state index < -0.39 is 11.1 Å². The predicted molar refractivity (Wildman–Crippen MR) is 84.3 cm³/mol. The summed E-state index contributed by atoms with van der Waals surface area (Å²) in [6, 6.07) is 4.47. The normalized spacial score (nSPS) is 15.6. The Kier molecular flexibility index (Phi) is 4.49. The van der Waals surface area contributed by atoms with Gasteiger partial charge < -0.3 is 9.73 Å². The topological polar surface area (TPSA) is 68.0 Å². The van der Waals surface area contributed by atoms with Crippen LogP contribution >= 0.6 is 27.7 Å². The van der Waals surface area contributed by atoms with Gasteiger partial charge in [-0.3, -0.25) is 4.79 Å². The number of carbonyl (C=O) groups excluding carboxylic acids is 1. The molecule has 0 bridgehead atoms. The lowest BCUT2D eigenvalue weighted by atomic mass is 10.3. The number of hydrogen-bond acceptors (Lipinski definition) is 5. The van der Waals surface area contributed by atoms with Crippen LogP contribution in [0.4, 0.5) is 10.1 Å². The zero-order valence-electron chi connectivity index (χ0n) is 11.7. The first-order valence-corrected chi connectivity index (χ1v) is 8.46. The van der Waals surface area contributed by atoms with Gasteiger partial charge >= 0.3 is 0 Å². The van der Waals surface area contributed by atoms with Crippen molar-refractivity contribution in [2.45, 2.75) is 36.2 Å². The number of anilines is 1. The molecule has 5 nitrogen and oxygen atoms in total. The van der Waals surface area contributed by atoms with Gasteiger partial charge in [0.15, 0.2) is 0 Å². The third-order valence-corrected chi connectivity index (χ3v) is 4.61. The van der Waals surface area contributed by atoms with E-state index >= 15 is 0 Å². The minimum absolute atomic E-state index is 0.143. The van der Waals surface area contributed by atoms with E-state index in [0.717, 1.165) is 24.6 Å². The highest BCUT2D eigenvalue weighted by atomic mass is 79.9. The van der Waals surface area contributed by atoms with Gasteiger partial charge in [0.05, 0.1) is 10.9 Å². The molecule has 0 radical (unpaired) electrons. The van der Waals surface area contributed by atoms with Crippen LogP contribution in [-0.2, 0) is 4.79 Å². The Hall–Kier alpha value is -1.41. The summed E-state index contributed by atoms with van der Waals surface area (Å²) in [6.45, 7) is 1.71. The molecule has 1 fully saturated rings. The first kappa shape index (κ1) is 15.5. The molecule has 116 valence electrons. The van der Waals surface area contributed by atoms with Crippen molar-refractivity contribution in [3.63, 3.8) is 0 Å². The van der Waals surface area contributed by atoms with Gasteiger partial charge in [-0.15, -0.1) is 10.2 Å². The van der Waals surface area contributed by atoms with Gasteiger partial charge in [-0.2, -0.15) is 0 Å². The lowest BCUT2D eigenvalue weighted by molar-refractivity contribution is -0.115. The maximum absolute atomic E-state index is 13.7. The summed E-state index contributed by atoms with van der Waals surface area (Å²) in [4.78, 5) is 12.1. The third kappa shape index (κ3) is 3.67. The molecule has 22 heavy (non-hydrogen) atoms. The quantitative estimate of drug-likeness (QED) is 0.788. The van der Waals surface area contributed by atoms with Gasteiger partial charge in [0.25, 0.3) is 5.22 Å². The van der Waals surface area contributed by atoms with Gasteiger partial charge in [0.1, 0.15) is 5.82 Å². The van der Waals surface area contributed by atoms with Gasteiger partial charge in [0, 0.05) is 10.4 Å². The largest absolute Gasteiger partial charge is 0.416 e. The number of halogens is 2. The van der Waals surface area contributed by atoms with Gasteiger partial charge in [-0.1, -0.05) is 27.7 Å². The van der Waals surface area contributed by atoms with Crippen molar-refractivity contribution in [3.05, 3.63) is 34.4 Å². The van der Waals surface area contributed by atoms with Gasteiger partial charge in [-0.25, -0.2) is 4.39 Å². The van der Waals surface area contributed by atoms with Crippen LogP contribution in [0, 0.1) is 5.82 Å². The molecule has 1 amide bonds. The second-order valence-electron chi connectivity index (χ2n) is 5.05. The number of hydrogen-bond donors (Lipinski definition) is 1. The second kappa shape index (κ2) is 6.37. The summed E-state index contributed by atoms with van der Waals surface area (Å²) < 4.78 is 19.8. The summed E-state index contributed by atoms with van der Waals surface area (Å²) in [5.41, 5.74) is 0.143. The molecule has 1 saturated carbocycles. The SMILES string of the molecule is C[C@H](Sc1nnc(C2CC2)o1)C(=O)Nc1ccc(Br)cc1F. The number of carbonyl (C=O) groups is 1. The molecule has 1 aliphatic rings. The Morgan fingerprint density at radius 3 is 2.95 bits per heavy atom. The number of nitrogens with one attached hydrogen (secondary N) is 1. The zero-order chi connectivity index (χ0) is 15.7. The molecule has 0 saturated heterocycles. The maximum atomic E-state index is 13.7. The van der Waals surface area contributed by atoms with Crippen LogP contribution in [0.5, 0.6) is 0 Å². The number of benzene rings is 1. The Morgan fingerprint density at radius 2 is 2.27 bits per heavy atom. The van der Waals surface area contributed by atoms with E-state index in [4.69, 9.17) is 4.42 Å². The van der Waals surface area contributed by atoms with E-state index in [0.29, 0.717) is 21.5 Å².